The number of amides is 1. The number of hydrogen-bond acceptors (Lipinski definition) is 3. The summed E-state index contributed by atoms with van der Waals surface area (Å²) in [6.07, 6.45) is 3.99. The molecule has 1 aromatic rings. The lowest BCUT2D eigenvalue weighted by atomic mass is 10.00. The van der Waals surface area contributed by atoms with Crippen LogP contribution in [0.5, 0.6) is 0 Å². The largest absolute Gasteiger partial charge is 0.350 e. The summed E-state index contributed by atoms with van der Waals surface area (Å²) in [5, 5.41) is 6.27. The fraction of sp³-hybridized carbons (Fsp3) is 0.500. The smallest absolute Gasteiger partial charge is 0.271 e. The topological polar surface area (TPSA) is 54.0 Å². The van der Waals surface area contributed by atoms with Gasteiger partial charge in [0.05, 0.1) is 0 Å². The maximum Gasteiger partial charge on any atom is 0.271 e. The molecule has 1 unspecified atom stereocenters. The molecule has 100 valence electrons. The average molecular weight is 335 g/mol. The summed E-state index contributed by atoms with van der Waals surface area (Å²) in [5.41, 5.74) is 0.455. The molecule has 1 aromatic heterocycles. The van der Waals surface area contributed by atoms with Gasteiger partial charge in [-0.1, -0.05) is 0 Å². The van der Waals surface area contributed by atoms with Crippen LogP contribution in [0.1, 0.15) is 23.3 Å². The molecule has 1 saturated heterocycles. The lowest BCUT2D eigenvalue weighted by Crippen LogP contribution is -2.38. The van der Waals surface area contributed by atoms with Crippen molar-refractivity contribution in [3.8, 4) is 0 Å². The van der Waals surface area contributed by atoms with Crippen molar-refractivity contribution < 1.29 is 4.79 Å². The highest BCUT2D eigenvalue weighted by Gasteiger charge is 2.16. The maximum atomic E-state index is 11.9. The van der Waals surface area contributed by atoms with E-state index < -0.39 is 0 Å². The van der Waals surface area contributed by atoms with Gasteiger partial charge in [0.1, 0.15) is 5.69 Å². The van der Waals surface area contributed by atoms with Gasteiger partial charge in [-0.3, -0.25) is 4.79 Å². The monoisotopic (exact) mass is 333 g/mol. The van der Waals surface area contributed by atoms with Gasteiger partial charge < -0.3 is 10.6 Å². The molecule has 6 heteroatoms. The van der Waals surface area contributed by atoms with Gasteiger partial charge in [0.15, 0.2) is 0 Å². The summed E-state index contributed by atoms with van der Waals surface area (Å²) in [5.74, 6) is 0.429. The number of rotatable bonds is 3. The fourth-order valence-corrected chi connectivity index (χ4v) is 2.41. The Morgan fingerprint density at radius 1 is 1.61 bits per heavy atom. The molecule has 0 spiro atoms. The van der Waals surface area contributed by atoms with E-state index in [9.17, 15) is 4.79 Å². The summed E-state index contributed by atoms with van der Waals surface area (Å²) in [4.78, 5) is 16.0. The zero-order chi connectivity index (χ0) is 12.1. The van der Waals surface area contributed by atoms with Gasteiger partial charge >= 0.3 is 0 Å². The van der Waals surface area contributed by atoms with Crippen LogP contribution < -0.4 is 10.6 Å². The SMILES string of the molecule is Cl.O=C(NCC1CCCNC1)c1ncccc1Br. The number of piperidine rings is 1. The van der Waals surface area contributed by atoms with Crippen molar-refractivity contribution in [2.24, 2.45) is 5.92 Å². The number of carbonyl (C=O) groups excluding carboxylic acids is 1. The Morgan fingerprint density at radius 3 is 3.11 bits per heavy atom. The van der Waals surface area contributed by atoms with Crippen LogP contribution >= 0.6 is 28.3 Å². The van der Waals surface area contributed by atoms with Gasteiger partial charge in [0.2, 0.25) is 0 Å². The molecule has 1 aliphatic heterocycles. The molecule has 0 radical (unpaired) electrons. The molecule has 18 heavy (non-hydrogen) atoms. The summed E-state index contributed by atoms with van der Waals surface area (Å²) in [6, 6.07) is 3.62. The Kier molecular flexibility index (Phi) is 6.60. The van der Waals surface area contributed by atoms with Crippen LogP contribution in [0, 0.1) is 5.92 Å². The van der Waals surface area contributed by atoms with E-state index in [1.807, 2.05) is 6.07 Å². The Morgan fingerprint density at radius 2 is 2.44 bits per heavy atom. The van der Waals surface area contributed by atoms with Crippen LogP contribution in [0.3, 0.4) is 0 Å². The molecule has 0 aromatic carbocycles. The predicted octanol–water partition coefficient (Wildman–Crippen LogP) is 2.00. The van der Waals surface area contributed by atoms with E-state index in [0.29, 0.717) is 11.6 Å². The van der Waals surface area contributed by atoms with Crippen molar-refractivity contribution in [1.29, 1.82) is 0 Å². The van der Waals surface area contributed by atoms with Crippen molar-refractivity contribution in [1.82, 2.24) is 15.6 Å². The molecular formula is C12H17BrClN3O. The summed E-state index contributed by atoms with van der Waals surface area (Å²) in [7, 11) is 0. The summed E-state index contributed by atoms with van der Waals surface area (Å²) >= 11 is 3.33. The Balaban J connectivity index is 0.00000162. The van der Waals surface area contributed by atoms with Gasteiger partial charge in [-0.2, -0.15) is 0 Å². The number of nitrogens with one attached hydrogen (secondary N) is 2. The minimum Gasteiger partial charge on any atom is -0.350 e. The third kappa shape index (κ3) is 4.23. The number of nitrogens with zero attached hydrogens (tertiary/aromatic N) is 1. The van der Waals surface area contributed by atoms with E-state index in [1.165, 1.54) is 12.8 Å². The second-order valence-corrected chi connectivity index (χ2v) is 5.11. The molecule has 0 bridgehead atoms. The van der Waals surface area contributed by atoms with Crippen LogP contribution in [0.2, 0.25) is 0 Å². The molecule has 0 aliphatic carbocycles. The van der Waals surface area contributed by atoms with E-state index >= 15 is 0 Å². The van der Waals surface area contributed by atoms with Crippen molar-refractivity contribution in [3.63, 3.8) is 0 Å². The first-order valence-corrected chi connectivity index (χ1v) is 6.66. The quantitative estimate of drug-likeness (QED) is 0.889. The summed E-state index contributed by atoms with van der Waals surface area (Å²) < 4.78 is 0.735. The molecule has 1 amide bonds. The zero-order valence-corrected chi connectivity index (χ0v) is 12.4. The first-order chi connectivity index (χ1) is 8.27. The van der Waals surface area contributed by atoms with Gasteiger partial charge in [-0.05, 0) is 59.9 Å². The minimum absolute atomic E-state index is 0. The first-order valence-electron chi connectivity index (χ1n) is 5.87. The molecule has 1 fully saturated rings. The van der Waals surface area contributed by atoms with E-state index in [1.54, 1.807) is 12.3 Å². The van der Waals surface area contributed by atoms with E-state index in [4.69, 9.17) is 0 Å². The molecule has 2 N–H and O–H groups in total. The second kappa shape index (κ2) is 7.71. The predicted molar refractivity (Wildman–Crippen MR) is 77.1 cm³/mol. The molecular weight excluding hydrogens is 318 g/mol. The van der Waals surface area contributed by atoms with Crippen molar-refractivity contribution >= 4 is 34.2 Å². The maximum absolute atomic E-state index is 11.9. The number of halogens is 2. The Labute approximate surface area is 121 Å². The molecule has 2 heterocycles. The molecule has 1 aliphatic rings. The van der Waals surface area contributed by atoms with Gasteiger partial charge in [0.25, 0.3) is 5.91 Å². The summed E-state index contributed by atoms with van der Waals surface area (Å²) in [6.45, 7) is 2.80. The van der Waals surface area contributed by atoms with Gasteiger partial charge in [0, 0.05) is 17.2 Å². The number of aromatic nitrogens is 1. The lowest BCUT2D eigenvalue weighted by Gasteiger charge is -2.22. The molecule has 1 atom stereocenters. The van der Waals surface area contributed by atoms with Crippen LogP contribution in [-0.2, 0) is 0 Å². The number of carbonyl (C=O) groups is 1. The van der Waals surface area contributed by atoms with Crippen LogP contribution in [0.15, 0.2) is 22.8 Å². The molecule has 2 rings (SSSR count). The average Bonchev–Trinajstić information content (AvgIpc) is 2.38. The molecule has 4 nitrogen and oxygen atoms in total. The highest BCUT2D eigenvalue weighted by Crippen LogP contribution is 2.13. The van der Waals surface area contributed by atoms with Crippen LogP contribution in [0.25, 0.3) is 0 Å². The standard InChI is InChI=1S/C12H16BrN3O.ClH/c13-10-4-2-6-15-11(10)12(17)16-8-9-3-1-5-14-7-9;/h2,4,6,9,14H,1,3,5,7-8H2,(H,16,17);1H. The van der Waals surface area contributed by atoms with Crippen LogP contribution in [0.4, 0.5) is 0 Å². The molecule has 0 saturated carbocycles. The fourth-order valence-electron chi connectivity index (χ4n) is 1.97. The third-order valence-electron chi connectivity index (χ3n) is 2.92. The zero-order valence-electron chi connectivity index (χ0n) is 9.99. The van der Waals surface area contributed by atoms with E-state index in [2.05, 4.69) is 31.5 Å². The number of pyridine rings is 1. The lowest BCUT2D eigenvalue weighted by molar-refractivity contribution is 0.0939. The van der Waals surface area contributed by atoms with Crippen molar-refractivity contribution in [2.75, 3.05) is 19.6 Å². The Bertz CT molecular complexity index is 397. The normalized spacial score (nSPS) is 18.8. The van der Waals surface area contributed by atoms with Crippen LogP contribution in [-0.4, -0.2) is 30.5 Å². The minimum atomic E-state index is -0.108. The van der Waals surface area contributed by atoms with E-state index in [0.717, 1.165) is 24.1 Å². The Hall–Kier alpha value is -0.650. The second-order valence-electron chi connectivity index (χ2n) is 4.26. The van der Waals surface area contributed by atoms with Gasteiger partial charge in [-0.25, -0.2) is 4.98 Å². The third-order valence-corrected chi connectivity index (χ3v) is 3.56. The number of hydrogen-bond donors (Lipinski definition) is 2. The van der Waals surface area contributed by atoms with Crippen molar-refractivity contribution in [3.05, 3.63) is 28.5 Å². The van der Waals surface area contributed by atoms with Crippen molar-refractivity contribution in [2.45, 2.75) is 12.8 Å². The van der Waals surface area contributed by atoms with E-state index in [-0.39, 0.29) is 18.3 Å². The highest BCUT2D eigenvalue weighted by molar-refractivity contribution is 9.10. The highest BCUT2D eigenvalue weighted by atomic mass is 79.9. The first kappa shape index (κ1) is 15.4. The van der Waals surface area contributed by atoms with Gasteiger partial charge in [-0.15, -0.1) is 12.4 Å².